The summed E-state index contributed by atoms with van der Waals surface area (Å²) < 4.78 is 21.7. The van der Waals surface area contributed by atoms with E-state index >= 15 is 0 Å². The van der Waals surface area contributed by atoms with Crippen LogP contribution in [0.15, 0.2) is 66.8 Å². The fraction of sp³-hybridized carbons (Fsp3) is 0.457. The highest BCUT2D eigenvalue weighted by molar-refractivity contribution is 5.91. The first-order valence-corrected chi connectivity index (χ1v) is 15.2. The van der Waals surface area contributed by atoms with Crippen molar-refractivity contribution in [3.05, 3.63) is 77.9 Å². The molecular weight excluding hydrogens is 532 g/mol. The van der Waals surface area contributed by atoms with Gasteiger partial charge in [-0.1, -0.05) is 70.6 Å². The molecule has 0 bridgehead atoms. The van der Waals surface area contributed by atoms with Crippen LogP contribution in [0.4, 0.5) is 0 Å². The third kappa shape index (κ3) is 12.3. The van der Waals surface area contributed by atoms with Gasteiger partial charge in [0, 0.05) is 18.1 Å². The molecule has 1 atom stereocenters. The first kappa shape index (κ1) is 32.6. The van der Waals surface area contributed by atoms with E-state index < -0.39 is 5.97 Å². The summed E-state index contributed by atoms with van der Waals surface area (Å²) in [4.78, 5) is 35.5. The molecule has 1 aliphatic rings. The Morgan fingerprint density at radius 3 is 2.14 bits per heavy atom. The fourth-order valence-electron chi connectivity index (χ4n) is 4.55. The van der Waals surface area contributed by atoms with Gasteiger partial charge in [0.2, 0.25) is 0 Å². The number of cyclic esters (lactones) is 1. The molecule has 1 fully saturated rings. The van der Waals surface area contributed by atoms with E-state index in [4.69, 9.17) is 18.9 Å². The molecule has 2 aromatic carbocycles. The molecule has 7 nitrogen and oxygen atoms in total. The van der Waals surface area contributed by atoms with E-state index in [-0.39, 0.29) is 18.0 Å². The van der Waals surface area contributed by atoms with Gasteiger partial charge in [-0.15, -0.1) is 0 Å². The quantitative estimate of drug-likeness (QED) is 0.0724. The van der Waals surface area contributed by atoms with E-state index in [2.05, 4.69) is 6.58 Å². The van der Waals surface area contributed by atoms with Gasteiger partial charge in [-0.25, -0.2) is 14.4 Å². The zero-order chi connectivity index (χ0) is 30.0. The predicted molar refractivity (Wildman–Crippen MR) is 163 cm³/mol. The van der Waals surface area contributed by atoms with Crippen LogP contribution in [-0.4, -0.2) is 37.2 Å². The molecule has 0 aromatic heterocycles. The number of unbranched alkanes of at least 4 members (excludes halogenated alkanes) is 8. The molecule has 0 N–H and O–H groups in total. The fourth-order valence-corrected chi connectivity index (χ4v) is 4.55. The SMILES string of the molecule is C=C1CC(CCCCCCCCCCOc2ccc(C(=O)Oc3ccc(/C=C/C(=O)OCCCC)cc3)cc2)OC1=O. The lowest BCUT2D eigenvalue weighted by Crippen LogP contribution is -2.08. The van der Waals surface area contributed by atoms with Crippen LogP contribution in [0.2, 0.25) is 0 Å². The van der Waals surface area contributed by atoms with Gasteiger partial charge in [0.15, 0.2) is 0 Å². The molecule has 2 aromatic rings. The largest absolute Gasteiger partial charge is 0.494 e. The number of hydrogen-bond donors (Lipinski definition) is 0. The summed E-state index contributed by atoms with van der Waals surface area (Å²) in [5, 5.41) is 0. The van der Waals surface area contributed by atoms with Crippen molar-refractivity contribution in [3.8, 4) is 11.5 Å². The molecule has 0 amide bonds. The Hall–Kier alpha value is -3.87. The normalized spacial score (nSPS) is 14.6. The van der Waals surface area contributed by atoms with Crippen LogP contribution in [0.3, 0.4) is 0 Å². The van der Waals surface area contributed by atoms with Crippen molar-refractivity contribution in [2.24, 2.45) is 0 Å². The smallest absolute Gasteiger partial charge is 0.343 e. The molecule has 3 rings (SSSR count). The van der Waals surface area contributed by atoms with Gasteiger partial charge in [-0.3, -0.25) is 0 Å². The summed E-state index contributed by atoms with van der Waals surface area (Å²) in [6.07, 6.45) is 15.8. The van der Waals surface area contributed by atoms with Crippen LogP contribution < -0.4 is 9.47 Å². The molecule has 0 saturated carbocycles. The summed E-state index contributed by atoms with van der Waals surface area (Å²) in [6, 6.07) is 13.9. The van der Waals surface area contributed by atoms with Gasteiger partial charge in [0.05, 0.1) is 18.8 Å². The molecule has 1 unspecified atom stereocenters. The zero-order valence-corrected chi connectivity index (χ0v) is 24.8. The number of esters is 3. The molecule has 42 heavy (non-hydrogen) atoms. The van der Waals surface area contributed by atoms with E-state index in [0.29, 0.717) is 36.5 Å². The second kappa shape index (κ2) is 18.5. The lowest BCUT2D eigenvalue weighted by Gasteiger charge is -2.08. The van der Waals surface area contributed by atoms with Crippen LogP contribution in [0, 0.1) is 0 Å². The summed E-state index contributed by atoms with van der Waals surface area (Å²) in [5.41, 5.74) is 1.85. The van der Waals surface area contributed by atoms with Crippen LogP contribution >= 0.6 is 0 Å². The Morgan fingerprint density at radius 1 is 0.857 bits per heavy atom. The van der Waals surface area contributed by atoms with Crippen molar-refractivity contribution in [1.29, 1.82) is 0 Å². The molecule has 1 saturated heterocycles. The minimum absolute atomic E-state index is 0.0443. The van der Waals surface area contributed by atoms with Crippen molar-refractivity contribution in [2.75, 3.05) is 13.2 Å². The zero-order valence-electron chi connectivity index (χ0n) is 24.8. The lowest BCUT2D eigenvalue weighted by atomic mass is 10.0. The first-order valence-electron chi connectivity index (χ1n) is 15.2. The summed E-state index contributed by atoms with van der Waals surface area (Å²) in [6.45, 7) is 6.83. The number of rotatable bonds is 19. The van der Waals surface area contributed by atoms with E-state index in [1.807, 2.05) is 6.92 Å². The maximum atomic E-state index is 12.5. The van der Waals surface area contributed by atoms with Gasteiger partial charge in [-0.05, 0) is 73.7 Å². The Morgan fingerprint density at radius 2 is 1.50 bits per heavy atom. The van der Waals surface area contributed by atoms with E-state index in [9.17, 15) is 14.4 Å². The maximum Gasteiger partial charge on any atom is 0.343 e. The van der Waals surface area contributed by atoms with E-state index in [0.717, 1.165) is 49.8 Å². The molecule has 0 radical (unpaired) electrons. The van der Waals surface area contributed by atoms with Crippen molar-refractivity contribution in [2.45, 2.75) is 90.1 Å². The Labute approximate surface area is 249 Å². The molecule has 0 aliphatic carbocycles. The number of carbonyl (C=O) groups excluding carboxylic acids is 3. The summed E-state index contributed by atoms with van der Waals surface area (Å²) in [5.74, 6) is 0.105. The number of carbonyl (C=O) groups is 3. The highest BCUT2D eigenvalue weighted by Gasteiger charge is 2.26. The topological polar surface area (TPSA) is 88.1 Å². The monoisotopic (exact) mass is 576 g/mol. The molecule has 0 spiro atoms. The highest BCUT2D eigenvalue weighted by Crippen LogP contribution is 2.23. The van der Waals surface area contributed by atoms with Gasteiger partial charge in [0.25, 0.3) is 0 Å². The second-order valence-electron chi connectivity index (χ2n) is 10.6. The molecule has 1 heterocycles. The molecular formula is C35H44O7. The Balaban J connectivity index is 1.22. The molecule has 226 valence electrons. The Kier molecular flexibility index (Phi) is 14.4. The average molecular weight is 577 g/mol. The number of benzene rings is 2. The third-order valence-electron chi connectivity index (χ3n) is 7.06. The average Bonchev–Trinajstić information content (AvgIpc) is 3.32. The van der Waals surface area contributed by atoms with E-state index in [1.54, 1.807) is 54.6 Å². The van der Waals surface area contributed by atoms with Crippen molar-refractivity contribution in [1.82, 2.24) is 0 Å². The summed E-state index contributed by atoms with van der Waals surface area (Å²) >= 11 is 0. The molecule has 1 aliphatic heterocycles. The number of hydrogen-bond acceptors (Lipinski definition) is 7. The molecule has 7 heteroatoms. The van der Waals surface area contributed by atoms with E-state index in [1.165, 1.54) is 38.2 Å². The summed E-state index contributed by atoms with van der Waals surface area (Å²) in [7, 11) is 0. The highest BCUT2D eigenvalue weighted by atomic mass is 16.6. The van der Waals surface area contributed by atoms with Crippen molar-refractivity contribution in [3.63, 3.8) is 0 Å². The lowest BCUT2D eigenvalue weighted by molar-refractivity contribution is -0.139. The maximum absolute atomic E-state index is 12.5. The van der Waals surface area contributed by atoms with Gasteiger partial charge < -0.3 is 18.9 Å². The first-order chi connectivity index (χ1) is 20.4. The predicted octanol–water partition coefficient (Wildman–Crippen LogP) is 8.02. The van der Waals surface area contributed by atoms with Crippen LogP contribution in [0.5, 0.6) is 11.5 Å². The van der Waals surface area contributed by atoms with Crippen LogP contribution in [-0.2, 0) is 19.1 Å². The third-order valence-corrected chi connectivity index (χ3v) is 7.06. The minimum Gasteiger partial charge on any atom is -0.494 e. The standard InChI is InChI=1S/C35H44O7/c1-3-4-24-40-33(36)23-16-28-14-19-31(20-15-28)41-35(38)29-17-21-30(22-18-29)39-25-12-10-8-6-5-7-9-11-13-32-26-27(2)34(37)42-32/h14-23,32H,2-13,24-26H2,1H3/b23-16+. The van der Waals surface area contributed by atoms with Crippen molar-refractivity contribution < 1.29 is 33.3 Å². The second-order valence-corrected chi connectivity index (χ2v) is 10.6. The minimum atomic E-state index is -0.447. The van der Waals surface area contributed by atoms with Crippen LogP contribution in [0.25, 0.3) is 6.08 Å². The van der Waals surface area contributed by atoms with Gasteiger partial charge in [0.1, 0.15) is 17.6 Å². The van der Waals surface area contributed by atoms with Crippen LogP contribution in [0.1, 0.15) is 99.9 Å². The van der Waals surface area contributed by atoms with Crippen molar-refractivity contribution >= 4 is 24.0 Å². The van der Waals surface area contributed by atoms with Gasteiger partial charge >= 0.3 is 17.9 Å². The Bertz CT molecular complexity index is 1150. The van der Waals surface area contributed by atoms with Gasteiger partial charge in [-0.2, -0.15) is 0 Å². The number of ether oxygens (including phenoxy) is 4.